The fraction of sp³-hybridized carbons (Fsp3) is 0.260. The van der Waals surface area contributed by atoms with E-state index in [2.05, 4.69) is 260 Å². The predicted octanol–water partition coefficient (Wildman–Crippen LogP) is 19.2. The van der Waals surface area contributed by atoms with Crippen molar-refractivity contribution in [3.8, 4) is 44.5 Å². The van der Waals surface area contributed by atoms with Crippen molar-refractivity contribution >= 4 is 17.1 Å². The molecule has 0 heterocycles. The van der Waals surface area contributed by atoms with Gasteiger partial charge in [0, 0.05) is 27.9 Å². The molecule has 14 rings (SSSR count). The van der Waals surface area contributed by atoms with Gasteiger partial charge in [-0.3, -0.25) is 0 Å². The van der Waals surface area contributed by atoms with Crippen molar-refractivity contribution in [3.63, 3.8) is 0 Å². The summed E-state index contributed by atoms with van der Waals surface area (Å²) in [6.45, 7) is 18.7. The summed E-state index contributed by atoms with van der Waals surface area (Å²) in [4.78, 5) is 2.61. The number of benzene rings is 9. The molecule has 0 N–H and O–H groups in total. The number of fused-ring (bicyclic) bond motifs is 14. The zero-order chi connectivity index (χ0) is 50.5. The van der Waals surface area contributed by atoms with Crippen LogP contribution < -0.4 is 4.90 Å². The van der Waals surface area contributed by atoms with Gasteiger partial charge >= 0.3 is 0 Å². The number of hydrogen-bond donors (Lipinski definition) is 0. The van der Waals surface area contributed by atoms with Crippen molar-refractivity contribution in [2.45, 2.75) is 108 Å². The Labute approximate surface area is 440 Å². The fourth-order valence-corrected chi connectivity index (χ4v) is 15.5. The predicted molar refractivity (Wildman–Crippen MR) is 310 cm³/mol. The molecule has 3 atom stereocenters. The second kappa shape index (κ2) is 15.9. The van der Waals surface area contributed by atoms with E-state index in [1.165, 1.54) is 132 Å². The van der Waals surface area contributed by atoms with Crippen molar-refractivity contribution in [1.29, 1.82) is 0 Å². The van der Waals surface area contributed by atoms with Crippen LogP contribution in [0.15, 0.2) is 200 Å². The molecule has 0 aliphatic heterocycles. The molecule has 1 spiro atoms. The van der Waals surface area contributed by atoms with Gasteiger partial charge in [-0.1, -0.05) is 226 Å². The maximum Gasteiger partial charge on any atom is 0.0714 e. The van der Waals surface area contributed by atoms with Crippen LogP contribution in [0.1, 0.15) is 137 Å². The van der Waals surface area contributed by atoms with Crippen LogP contribution in [0.4, 0.5) is 17.1 Å². The summed E-state index contributed by atoms with van der Waals surface area (Å²) in [5, 5.41) is 0. The first kappa shape index (κ1) is 45.4. The molecule has 2 bridgehead atoms. The van der Waals surface area contributed by atoms with Crippen molar-refractivity contribution in [2.24, 2.45) is 11.8 Å². The standard InChI is InChI=1S/C73H67N/c1-69(2,3)48-29-33-50(34-30-48)73(51-35-31-49(32-36-51)70(4,5)6)65-26-14-11-20-58(65)61-40-38-55(44-67(61)73)74(54-37-39-60-57-19-10-13-25-64(57)72(66(60)43-54)45-46-27-28-52(72)41-46)53-18-15-17-47(42-53)56-22-16-23-62-59-21-9-12-24-63(59)71(7,8)68(56)62/h9-26,29-40,42-44,46,52H,27-28,41,45H2,1-8H3. The fourth-order valence-electron chi connectivity index (χ4n) is 15.5. The maximum absolute atomic E-state index is 2.63. The van der Waals surface area contributed by atoms with Crippen LogP contribution in [0, 0.1) is 11.8 Å². The van der Waals surface area contributed by atoms with Crippen LogP contribution in [0.2, 0.25) is 0 Å². The summed E-state index contributed by atoms with van der Waals surface area (Å²) in [5.41, 5.74) is 27.5. The lowest BCUT2D eigenvalue weighted by molar-refractivity contribution is 0.327. The minimum atomic E-state index is -0.569. The summed E-state index contributed by atoms with van der Waals surface area (Å²) < 4.78 is 0. The molecule has 364 valence electrons. The van der Waals surface area contributed by atoms with Crippen molar-refractivity contribution in [3.05, 3.63) is 256 Å². The van der Waals surface area contributed by atoms with E-state index in [1.54, 1.807) is 5.56 Å². The third-order valence-electron chi connectivity index (χ3n) is 18.9. The molecule has 3 unspecified atom stereocenters. The van der Waals surface area contributed by atoms with Crippen LogP contribution in [0.3, 0.4) is 0 Å². The van der Waals surface area contributed by atoms with Gasteiger partial charge < -0.3 is 4.90 Å². The van der Waals surface area contributed by atoms with Crippen LogP contribution in [-0.4, -0.2) is 0 Å². The van der Waals surface area contributed by atoms with Gasteiger partial charge in [-0.2, -0.15) is 0 Å². The molecule has 5 aliphatic carbocycles. The number of rotatable bonds is 6. The first-order valence-corrected chi connectivity index (χ1v) is 27.5. The maximum atomic E-state index is 2.63. The molecule has 5 aliphatic rings. The Morgan fingerprint density at radius 3 is 1.49 bits per heavy atom. The van der Waals surface area contributed by atoms with Crippen LogP contribution in [-0.2, 0) is 27.1 Å². The summed E-state index contributed by atoms with van der Waals surface area (Å²) >= 11 is 0. The largest absolute Gasteiger partial charge is 0.310 e. The highest BCUT2D eigenvalue weighted by atomic mass is 15.1. The molecule has 74 heavy (non-hydrogen) atoms. The van der Waals surface area contributed by atoms with Crippen LogP contribution >= 0.6 is 0 Å². The average molecular weight is 958 g/mol. The minimum Gasteiger partial charge on any atom is -0.310 e. The van der Waals surface area contributed by atoms with E-state index in [4.69, 9.17) is 0 Å². The first-order valence-electron chi connectivity index (χ1n) is 27.5. The number of anilines is 3. The molecular formula is C73H67N. The average Bonchev–Trinajstić information content (AvgIpc) is 4.21. The SMILES string of the molecule is CC(C)(C)c1ccc(C2(c3ccc(C(C)(C)C)cc3)c3ccccc3-c3ccc(N(c4cccc(-c5cccc6c5C(C)(C)c5ccccc5-6)c4)c4ccc5c(c4)C4(CC6CCC4C6)c4ccccc4-5)cc32)cc1. The third-order valence-corrected chi connectivity index (χ3v) is 18.9. The van der Waals surface area contributed by atoms with Gasteiger partial charge in [-0.05, 0) is 178 Å². The smallest absolute Gasteiger partial charge is 0.0714 e. The Bertz CT molecular complexity index is 3680. The molecule has 0 aromatic heterocycles. The van der Waals surface area contributed by atoms with Gasteiger partial charge in [-0.15, -0.1) is 0 Å². The van der Waals surface area contributed by atoms with Crippen molar-refractivity contribution < 1.29 is 0 Å². The van der Waals surface area contributed by atoms with Crippen molar-refractivity contribution in [2.75, 3.05) is 4.90 Å². The summed E-state index contributed by atoms with van der Waals surface area (Å²) in [6, 6.07) is 78.4. The topological polar surface area (TPSA) is 3.24 Å². The number of hydrogen-bond acceptors (Lipinski definition) is 1. The van der Waals surface area contributed by atoms with Crippen molar-refractivity contribution in [1.82, 2.24) is 0 Å². The van der Waals surface area contributed by atoms with E-state index in [0.717, 1.165) is 11.6 Å². The Balaban J connectivity index is 1.01. The summed E-state index contributed by atoms with van der Waals surface area (Å²) in [6.07, 6.45) is 5.27. The third kappa shape index (κ3) is 6.35. The number of nitrogens with zero attached hydrogens (tertiary/aromatic N) is 1. The Kier molecular flexibility index (Phi) is 9.75. The van der Waals surface area contributed by atoms with Crippen LogP contribution in [0.25, 0.3) is 44.5 Å². The van der Waals surface area contributed by atoms with Gasteiger partial charge in [0.25, 0.3) is 0 Å². The Morgan fingerprint density at radius 2 is 0.892 bits per heavy atom. The molecule has 9 aromatic rings. The van der Waals surface area contributed by atoms with Gasteiger partial charge in [0.1, 0.15) is 0 Å². The van der Waals surface area contributed by atoms with E-state index < -0.39 is 5.41 Å². The molecule has 1 heteroatoms. The molecule has 9 aromatic carbocycles. The molecule has 0 saturated heterocycles. The zero-order valence-electron chi connectivity index (χ0n) is 44.5. The lowest BCUT2D eigenvalue weighted by atomic mass is 9.66. The molecule has 2 fully saturated rings. The zero-order valence-corrected chi connectivity index (χ0v) is 44.5. The van der Waals surface area contributed by atoms with Crippen LogP contribution in [0.5, 0.6) is 0 Å². The van der Waals surface area contributed by atoms with E-state index in [0.29, 0.717) is 5.92 Å². The quantitative estimate of drug-likeness (QED) is 0.161. The highest BCUT2D eigenvalue weighted by molar-refractivity contribution is 5.93. The highest BCUT2D eigenvalue weighted by Crippen LogP contribution is 2.66. The lowest BCUT2D eigenvalue weighted by Crippen LogP contribution is -2.32. The highest BCUT2D eigenvalue weighted by Gasteiger charge is 2.57. The van der Waals surface area contributed by atoms with E-state index in [-0.39, 0.29) is 21.7 Å². The monoisotopic (exact) mass is 958 g/mol. The first-order chi connectivity index (χ1) is 35.7. The van der Waals surface area contributed by atoms with Gasteiger partial charge in [0.15, 0.2) is 0 Å². The summed E-state index contributed by atoms with van der Waals surface area (Å²) in [5.74, 6) is 1.46. The van der Waals surface area contributed by atoms with E-state index >= 15 is 0 Å². The second-order valence-electron chi connectivity index (χ2n) is 25.3. The molecule has 0 radical (unpaired) electrons. The lowest BCUT2D eigenvalue weighted by Gasteiger charge is -2.37. The van der Waals surface area contributed by atoms with Gasteiger partial charge in [0.2, 0.25) is 0 Å². The Hall–Kier alpha value is -7.22. The molecule has 2 saturated carbocycles. The second-order valence-corrected chi connectivity index (χ2v) is 25.3. The molecule has 0 amide bonds. The van der Waals surface area contributed by atoms with E-state index in [9.17, 15) is 0 Å². The summed E-state index contributed by atoms with van der Waals surface area (Å²) in [7, 11) is 0. The molecule has 1 nitrogen and oxygen atoms in total. The van der Waals surface area contributed by atoms with Gasteiger partial charge in [0.05, 0.1) is 5.41 Å². The normalized spacial score (nSPS) is 19.9. The molecular weight excluding hydrogens is 891 g/mol. The Morgan fingerprint density at radius 1 is 0.405 bits per heavy atom. The van der Waals surface area contributed by atoms with Gasteiger partial charge in [-0.25, -0.2) is 0 Å². The minimum absolute atomic E-state index is 0.0289. The van der Waals surface area contributed by atoms with E-state index in [1.807, 2.05) is 0 Å².